The van der Waals surface area contributed by atoms with Gasteiger partial charge in [-0.3, -0.25) is 24.0 Å². The Balaban J connectivity index is 2.77. The average Bonchev–Trinajstić information content (AvgIpc) is 2.95. The van der Waals surface area contributed by atoms with Gasteiger partial charge >= 0.3 is 17.9 Å². The SMILES string of the molecule is CC[C@H]1OC(=O)[C@H](C)C(=O)[C@H](C)[C@@H](O[C@@H]2O[C@H](C)C[C@H](N(C)C)[C@H]2OC(C)=O)[C@](C)(OC(C)=O)C[C@@H](C)C(=O)[C@H](C)[C@@H](N)[C@]1(C)O. The summed E-state index contributed by atoms with van der Waals surface area (Å²) in [5.74, 6) is -7.18. The van der Waals surface area contributed by atoms with Crippen LogP contribution in [0.3, 0.4) is 0 Å². The van der Waals surface area contributed by atoms with E-state index in [9.17, 15) is 29.1 Å². The molecule has 13 atom stereocenters. The Hall–Kier alpha value is -2.45. The number of cyclic esters (lactones) is 1. The second-order valence-corrected chi connectivity index (χ2v) is 13.9. The first-order chi connectivity index (χ1) is 21.1. The number of nitrogens with zero attached hydrogens (tertiary/aromatic N) is 1. The summed E-state index contributed by atoms with van der Waals surface area (Å²) < 4.78 is 30.1. The highest BCUT2D eigenvalue weighted by molar-refractivity contribution is 6.00. The van der Waals surface area contributed by atoms with Crippen LogP contribution in [0.5, 0.6) is 0 Å². The predicted molar refractivity (Wildman–Crippen MR) is 167 cm³/mol. The van der Waals surface area contributed by atoms with E-state index < -0.39 is 89.2 Å². The van der Waals surface area contributed by atoms with E-state index in [4.69, 9.17) is 29.4 Å². The molecule has 2 fully saturated rings. The van der Waals surface area contributed by atoms with Crippen molar-refractivity contribution in [2.24, 2.45) is 29.4 Å². The Morgan fingerprint density at radius 3 is 2.09 bits per heavy atom. The van der Waals surface area contributed by atoms with Crippen molar-refractivity contribution in [2.75, 3.05) is 14.1 Å². The normalized spacial score (nSPS) is 41.8. The lowest BCUT2D eigenvalue weighted by atomic mass is 9.73. The molecule has 13 heteroatoms. The molecule has 0 saturated carbocycles. The first-order valence-electron chi connectivity index (χ1n) is 16.2. The van der Waals surface area contributed by atoms with Crippen LogP contribution in [0.25, 0.3) is 0 Å². The molecule has 0 aromatic carbocycles. The number of hydrogen-bond donors (Lipinski definition) is 2. The second kappa shape index (κ2) is 15.6. The molecule has 0 bridgehead atoms. The summed E-state index contributed by atoms with van der Waals surface area (Å²) in [6.07, 6.45) is -4.25. The monoisotopic (exact) mass is 656 g/mol. The smallest absolute Gasteiger partial charge is 0.316 e. The number of ether oxygens (including phenoxy) is 5. The van der Waals surface area contributed by atoms with Crippen molar-refractivity contribution in [1.82, 2.24) is 4.90 Å². The summed E-state index contributed by atoms with van der Waals surface area (Å²) >= 11 is 0. The lowest BCUT2D eigenvalue weighted by Crippen LogP contribution is -2.61. The highest BCUT2D eigenvalue weighted by Gasteiger charge is 2.53. The molecule has 0 amide bonds. The van der Waals surface area contributed by atoms with Crippen molar-refractivity contribution in [2.45, 2.75) is 142 Å². The van der Waals surface area contributed by atoms with Crippen LogP contribution in [-0.2, 0) is 47.7 Å². The molecule has 2 heterocycles. The number of nitrogens with two attached hydrogens (primary N) is 1. The summed E-state index contributed by atoms with van der Waals surface area (Å²) in [4.78, 5) is 68.0. The molecule has 13 nitrogen and oxygen atoms in total. The number of esters is 3. The number of rotatable bonds is 6. The van der Waals surface area contributed by atoms with Crippen molar-refractivity contribution >= 4 is 29.5 Å². The summed E-state index contributed by atoms with van der Waals surface area (Å²) in [7, 11) is 3.67. The number of carbonyl (C=O) groups is 5. The zero-order valence-electron chi connectivity index (χ0n) is 29.5. The Labute approximate surface area is 273 Å². The predicted octanol–water partition coefficient (Wildman–Crippen LogP) is 2.18. The molecular weight excluding hydrogens is 600 g/mol. The minimum Gasteiger partial charge on any atom is -0.459 e. The van der Waals surface area contributed by atoms with E-state index in [1.165, 1.54) is 27.7 Å². The molecule has 46 heavy (non-hydrogen) atoms. The van der Waals surface area contributed by atoms with Crippen LogP contribution in [-0.4, -0.2) is 108 Å². The largest absolute Gasteiger partial charge is 0.459 e. The molecule has 0 unspecified atom stereocenters. The third-order valence-electron chi connectivity index (χ3n) is 9.64. The summed E-state index contributed by atoms with van der Waals surface area (Å²) in [5, 5.41) is 11.4. The standard InChI is InChI=1S/C33H56N2O11/c1-13-24-33(10,41)28(34)18(4)25(38)16(2)15-32(9,46-22(8)37)29(19(5)26(39)20(6)30(40)44-24)45-31-27(43-21(7)36)23(35(11)12)14-17(3)42-31/h16-20,23-24,27-29,31,41H,13-15,34H2,1-12H3/t16-,17-,18+,19+,20-,23+,24-,27-,28-,29-,31+,32-,33-/m1/s1. The van der Waals surface area contributed by atoms with Gasteiger partial charge in [0.05, 0.1) is 12.1 Å². The van der Waals surface area contributed by atoms with E-state index >= 15 is 0 Å². The highest BCUT2D eigenvalue weighted by atomic mass is 16.7. The van der Waals surface area contributed by atoms with Crippen LogP contribution in [0.2, 0.25) is 0 Å². The van der Waals surface area contributed by atoms with Crippen molar-refractivity contribution in [3.8, 4) is 0 Å². The summed E-state index contributed by atoms with van der Waals surface area (Å²) in [6.45, 7) is 15.2. The second-order valence-electron chi connectivity index (χ2n) is 13.9. The number of Topliss-reactive ketones (excluding diaryl/α,β-unsaturated/α-hetero) is 2. The quantitative estimate of drug-likeness (QED) is 0.241. The molecule has 2 aliphatic rings. The Bertz CT molecular complexity index is 1130. The number of hydrogen-bond acceptors (Lipinski definition) is 13. The molecule has 264 valence electrons. The maximum absolute atomic E-state index is 14.1. The van der Waals surface area contributed by atoms with E-state index in [0.29, 0.717) is 6.42 Å². The van der Waals surface area contributed by atoms with Gasteiger partial charge in [0.15, 0.2) is 18.2 Å². The number of carbonyl (C=O) groups excluding carboxylic acids is 5. The van der Waals surface area contributed by atoms with Gasteiger partial charge in [0.2, 0.25) is 0 Å². The zero-order chi connectivity index (χ0) is 35.5. The van der Waals surface area contributed by atoms with Crippen LogP contribution in [0.15, 0.2) is 0 Å². The molecule has 0 spiro atoms. The van der Waals surface area contributed by atoms with Crippen molar-refractivity contribution in [1.29, 1.82) is 0 Å². The van der Waals surface area contributed by atoms with Gasteiger partial charge in [-0.05, 0) is 61.1 Å². The van der Waals surface area contributed by atoms with E-state index in [1.807, 2.05) is 25.9 Å². The van der Waals surface area contributed by atoms with Gasteiger partial charge in [0.25, 0.3) is 0 Å². The molecule has 2 aliphatic heterocycles. The lowest BCUT2D eigenvalue weighted by Gasteiger charge is -2.47. The van der Waals surface area contributed by atoms with E-state index in [-0.39, 0.29) is 30.8 Å². The zero-order valence-corrected chi connectivity index (χ0v) is 29.5. The van der Waals surface area contributed by atoms with E-state index in [1.54, 1.807) is 34.6 Å². The maximum atomic E-state index is 14.1. The highest BCUT2D eigenvalue weighted by Crippen LogP contribution is 2.39. The van der Waals surface area contributed by atoms with Gasteiger partial charge < -0.3 is 39.4 Å². The van der Waals surface area contributed by atoms with Crippen LogP contribution >= 0.6 is 0 Å². The molecule has 0 aliphatic carbocycles. The van der Waals surface area contributed by atoms with Gasteiger partial charge in [0, 0.05) is 37.6 Å². The fourth-order valence-corrected chi connectivity index (χ4v) is 7.01. The van der Waals surface area contributed by atoms with Crippen LogP contribution in [0, 0.1) is 23.7 Å². The van der Waals surface area contributed by atoms with Gasteiger partial charge in [-0.2, -0.15) is 0 Å². The van der Waals surface area contributed by atoms with Gasteiger partial charge in [-0.15, -0.1) is 0 Å². The van der Waals surface area contributed by atoms with Gasteiger partial charge in [0.1, 0.15) is 35.1 Å². The van der Waals surface area contributed by atoms with Crippen LogP contribution in [0.4, 0.5) is 0 Å². The maximum Gasteiger partial charge on any atom is 0.316 e. The molecular formula is C33H56N2O11. The third kappa shape index (κ3) is 8.91. The average molecular weight is 657 g/mol. The molecule has 0 radical (unpaired) electrons. The number of aliphatic hydroxyl groups is 1. The Morgan fingerprint density at radius 2 is 1.59 bits per heavy atom. The fourth-order valence-electron chi connectivity index (χ4n) is 7.01. The van der Waals surface area contributed by atoms with Gasteiger partial charge in [-0.25, -0.2) is 0 Å². The van der Waals surface area contributed by atoms with E-state index in [2.05, 4.69) is 0 Å². The van der Waals surface area contributed by atoms with Crippen molar-refractivity contribution in [3.63, 3.8) is 0 Å². The number of likely N-dealkylation sites (N-methyl/N-ethyl adjacent to an activating group) is 1. The topological polar surface area (TPSA) is 181 Å². The minimum atomic E-state index is -1.80. The van der Waals surface area contributed by atoms with Crippen LogP contribution < -0.4 is 5.73 Å². The molecule has 0 aromatic heterocycles. The van der Waals surface area contributed by atoms with E-state index in [0.717, 1.165) is 0 Å². The first-order valence-corrected chi connectivity index (χ1v) is 16.2. The van der Waals surface area contributed by atoms with Crippen LogP contribution in [0.1, 0.15) is 88.5 Å². The first kappa shape index (κ1) is 39.7. The summed E-state index contributed by atoms with van der Waals surface area (Å²) in [5.41, 5.74) is 3.03. The fraction of sp³-hybridized carbons (Fsp3) is 0.848. The van der Waals surface area contributed by atoms with Gasteiger partial charge in [-0.1, -0.05) is 27.7 Å². The molecule has 2 saturated heterocycles. The lowest BCUT2D eigenvalue weighted by molar-refractivity contribution is -0.297. The van der Waals surface area contributed by atoms with Crippen molar-refractivity contribution < 1.29 is 52.8 Å². The number of ketones is 2. The Morgan fingerprint density at radius 1 is 1.00 bits per heavy atom. The Kier molecular flexibility index (Phi) is 13.5. The molecule has 2 rings (SSSR count). The third-order valence-corrected chi connectivity index (χ3v) is 9.64. The minimum absolute atomic E-state index is 0.0967. The summed E-state index contributed by atoms with van der Waals surface area (Å²) in [6, 6.07) is -1.46. The molecule has 3 N–H and O–H groups in total. The molecule has 0 aromatic rings. The van der Waals surface area contributed by atoms with Crippen molar-refractivity contribution in [3.05, 3.63) is 0 Å².